The molecule has 1 atom stereocenters. The molecule has 0 spiro atoms. The van der Waals surface area contributed by atoms with Crippen molar-refractivity contribution in [2.75, 3.05) is 26.1 Å². The fourth-order valence-electron chi connectivity index (χ4n) is 1.48. The molecule has 6 heteroatoms. The molecule has 0 aliphatic rings. The van der Waals surface area contributed by atoms with Crippen LogP contribution < -0.4 is 10.1 Å². The van der Waals surface area contributed by atoms with E-state index in [4.69, 9.17) is 9.47 Å². The van der Waals surface area contributed by atoms with Crippen LogP contribution in [0.2, 0.25) is 0 Å². The van der Waals surface area contributed by atoms with Gasteiger partial charge < -0.3 is 14.8 Å². The van der Waals surface area contributed by atoms with Gasteiger partial charge in [0.05, 0.1) is 24.3 Å². The van der Waals surface area contributed by atoms with Gasteiger partial charge in [-0.15, -0.1) is 0 Å². The molecule has 0 aliphatic carbocycles. The number of nitro benzene ring substituents is 1. The van der Waals surface area contributed by atoms with Gasteiger partial charge >= 0.3 is 0 Å². The van der Waals surface area contributed by atoms with E-state index in [1.54, 1.807) is 13.2 Å². The van der Waals surface area contributed by atoms with Crippen molar-refractivity contribution in [2.24, 2.45) is 0 Å². The van der Waals surface area contributed by atoms with Crippen LogP contribution in [0, 0.1) is 10.1 Å². The number of benzene rings is 1. The Hall–Kier alpha value is -1.82. The Kier molecular flexibility index (Phi) is 4.71. The van der Waals surface area contributed by atoms with Gasteiger partial charge in [-0.3, -0.25) is 10.1 Å². The molecule has 1 unspecified atom stereocenters. The lowest BCUT2D eigenvalue weighted by atomic mass is 10.2. The molecule has 0 fully saturated rings. The maximum Gasteiger partial charge on any atom is 0.271 e. The Morgan fingerprint density at radius 1 is 1.47 bits per heavy atom. The van der Waals surface area contributed by atoms with Crippen molar-refractivity contribution < 1.29 is 14.4 Å². The average Bonchev–Trinajstić information content (AvgIpc) is 2.29. The summed E-state index contributed by atoms with van der Waals surface area (Å²) in [5.74, 6) is 0.568. The van der Waals surface area contributed by atoms with Crippen LogP contribution in [-0.2, 0) is 4.74 Å². The van der Waals surface area contributed by atoms with E-state index in [2.05, 4.69) is 5.32 Å². The molecule has 0 bridgehead atoms. The van der Waals surface area contributed by atoms with Crippen LogP contribution in [0.1, 0.15) is 6.92 Å². The quantitative estimate of drug-likeness (QED) is 0.608. The lowest BCUT2D eigenvalue weighted by Gasteiger charge is -2.16. The predicted octanol–water partition coefficient (Wildman–Crippen LogP) is 2.05. The smallest absolute Gasteiger partial charge is 0.271 e. The van der Waals surface area contributed by atoms with Crippen LogP contribution >= 0.6 is 0 Å². The Morgan fingerprint density at radius 2 is 2.18 bits per heavy atom. The highest BCUT2D eigenvalue weighted by Crippen LogP contribution is 2.29. The highest BCUT2D eigenvalue weighted by atomic mass is 16.6. The van der Waals surface area contributed by atoms with Crippen molar-refractivity contribution in [3.8, 4) is 5.75 Å². The topological polar surface area (TPSA) is 73.6 Å². The molecule has 0 saturated heterocycles. The Morgan fingerprint density at radius 3 is 2.71 bits per heavy atom. The van der Waals surface area contributed by atoms with E-state index in [1.807, 2.05) is 6.92 Å². The number of nitro groups is 1. The van der Waals surface area contributed by atoms with Gasteiger partial charge in [-0.1, -0.05) is 0 Å². The van der Waals surface area contributed by atoms with Crippen LogP contribution in [0.25, 0.3) is 0 Å². The minimum absolute atomic E-state index is 0.0258. The van der Waals surface area contributed by atoms with Gasteiger partial charge in [0.2, 0.25) is 0 Å². The van der Waals surface area contributed by atoms with E-state index in [9.17, 15) is 10.1 Å². The molecule has 0 heterocycles. The first-order chi connectivity index (χ1) is 8.08. The van der Waals surface area contributed by atoms with Crippen LogP contribution in [0.15, 0.2) is 18.2 Å². The number of hydrogen-bond acceptors (Lipinski definition) is 5. The maximum atomic E-state index is 10.7. The van der Waals surface area contributed by atoms with Gasteiger partial charge in [0.15, 0.2) is 0 Å². The third kappa shape index (κ3) is 3.60. The first kappa shape index (κ1) is 13.2. The number of nitrogens with one attached hydrogen (secondary N) is 1. The van der Waals surface area contributed by atoms with Gasteiger partial charge in [0, 0.05) is 25.3 Å². The Balaban J connectivity index is 2.93. The molecule has 17 heavy (non-hydrogen) atoms. The monoisotopic (exact) mass is 240 g/mol. The molecule has 0 radical (unpaired) electrons. The standard InChI is InChI=1S/C11H16N2O4/c1-8(7-16-2)12-10-6-9(13(14)15)4-5-11(10)17-3/h4-6,8,12H,7H2,1-3H3. The van der Waals surface area contributed by atoms with Crippen LogP contribution in [0.5, 0.6) is 5.75 Å². The fourth-order valence-corrected chi connectivity index (χ4v) is 1.48. The number of ether oxygens (including phenoxy) is 2. The van der Waals surface area contributed by atoms with E-state index in [0.717, 1.165) is 0 Å². The van der Waals surface area contributed by atoms with Crippen molar-refractivity contribution in [2.45, 2.75) is 13.0 Å². The molecular weight excluding hydrogens is 224 g/mol. The first-order valence-corrected chi connectivity index (χ1v) is 5.16. The van der Waals surface area contributed by atoms with Crippen LogP contribution in [-0.4, -0.2) is 31.8 Å². The minimum atomic E-state index is -0.439. The predicted molar refractivity (Wildman–Crippen MR) is 64.6 cm³/mol. The van der Waals surface area contributed by atoms with Gasteiger partial charge in [-0.25, -0.2) is 0 Å². The summed E-state index contributed by atoms with van der Waals surface area (Å²) in [4.78, 5) is 10.2. The molecular formula is C11H16N2O4. The summed E-state index contributed by atoms with van der Waals surface area (Å²) < 4.78 is 10.1. The maximum absolute atomic E-state index is 10.7. The molecule has 1 rings (SSSR count). The summed E-state index contributed by atoms with van der Waals surface area (Å²) in [5, 5.41) is 13.8. The Labute approximate surface area is 99.7 Å². The fraction of sp³-hybridized carbons (Fsp3) is 0.455. The number of rotatable bonds is 6. The van der Waals surface area contributed by atoms with E-state index in [1.165, 1.54) is 19.2 Å². The SMILES string of the molecule is COCC(C)Nc1cc([N+](=O)[O-])ccc1OC. The number of nitrogens with zero attached hydrogens (tertiary/aromatic N) is 1. The van der Waals surface area contributed by atoms with Gasteiger partial charge in [-0.2, -0.15) is 0 Å². The van der Waals surface area contributed by atoms with Crippen molar-refractivity contribution in [3.05, 3.63) is 28.3 Å². The number of methoxy groups -OCH3 is 2. The second-order valence-corrected chi connectivity index (χ2v) is 3.64. The third-order valence-electron chi connectivity index (χ3n) is 2.21. The van der Waals surface area contributed by atoms with Crippen molar-refractivity contribution in [3.63, 3.8) is 0 Å². The lowest BCUT2D eigenvalue weighted by molar-refractivity contribution is -0.384. The van der Waals surface area contributed by atoms with E-state index in [0.29, 0.717) is 18.0 Å². The van der Waals surface area contributed by atoms with E-state index in [-0.39, 0.29) is 11.7 Å². The zero-order valence-corrected chi connectivity index (χ0v) is 10.1. The molecule has 1 aromatic rings. The first-order valence-electron chi connectivity index (χ1n) is 5.16. The molecule has 0 aromatic heterocycles. The minimum Gasteiger partial charge on any atom is -0.495 e. The largest absolute Gasteiger partial charge is 0.495 e. The highest BCUT2D eigenvalue weighted by molar-refractivity contribution is 5.61. The summed E-state index contributed by atoms with van der Waals surface area (Å²) in [6.07, 6.45) is 0. The number of non-ortho nitro benzene ring substituents is 1. The summed E-state index contributed by atoms with van der Waals surface area (Å²) in [5.41, 5.74) is 0.615. The van der Waals surface area contributed by atoms with Gasteiger partial charge in [0.1, 0.15) is 5.75 Å². The third-order valence-corrected chi connectivity index (χ3v) is 2.21. The van der Waals surface area contributed by atoms with Crippen molar-refractivity contribution >= 4 is 11.4 Å². The molecule has 1 aromatic carbocycles. The lowest BCUT2D eigenvalue weighted by Crippen LogP contribution is -2.21. The molecule has 0 aliphatic heterocycles. The highest BCUT2D eigenvalue weighted by Gasteiger charge is 2.12. The number of anilines is 1. The second kappa shape index (κ2) is 6.05. The summed E-state index contributed by atoms with van der Waals surface area (Å²) >= 11 is 0. The second-order valence-electron chi connectivity index (χ2n) is 3.64. The summed E-state index contributed by atoms with van der Waals surface area (Å²) in [6, 6.07) is 4.46. The van der Waals surface area contributed by atoms with Crippen LogP contribution in [0.3, 0.4) is 0 Å². The normalized spacial score (nSPS) is 11.9. The van der Waals surface area contributed by atoms with Crippen molar-refractivity contribution in [1.82, 2.24) is 0 Å². The zero-order chi connectivity index (χ0) is 12.8. The van der Waals surface area contributed by atoms with E-state index < -0.39 is 4.92 Å². The van der Waals surface area contributed by atoms with E-state index >= 15 is 0 Å². The molecule has 6 nitrogen and oxygen atoms in total. The molecule has 0 saturated carbocycles. The molecule has 0 amide bonds. The zero-order valence-electron chi connectivity index (χ0n) is 10.1. The average molecular weight is 240 g/mol. The Bertz CT molecular complexity index is 395. The summed E-state index contributed by atoms with van der Waals surface area (Å²) in [6.45, 7) is 2.42. The van der Waals surface area contributed by atoms with Gasteiger partial charge in [0.25, 0.3) is 5.69 Å². The van der Waals surface area contributed by atoms with Gasteiger partial charge in [-0.05, 0) is 13.0 Å². The van der Waals surface area contributed by atoms with Crippen LogP contribution in [0.4, 0.5) is 11.4 Å². The summed E-state index contributed by atoms with van der Waals surface area (Å²) in [7, 11) is 3.12. The molecule has 94 valence electrons. The number of hydrogen-bond donors (Lipinski definition) is 1. The molecule has 1 N–H and O–H groups in total. The van der Waals surface area contributed by atoms with Crippen molar-refractivity contribution in [1.29, 1.82) is 0 Å².